The second kappa shape index (κ2) is 9.19. The van der Waals surface area contributed by atoms with Crippen molar-refractivity contribution in [3.05, 3.63) is 53.7 Å². The molecule has 1 amide bonds. The lowest BCUT2D eigenvalue weighted by atomic mass is 9.87. The number of sulfonamides is 1. The number of piperidine rings is 1. The average molecular weight is 499 g/mol. The maximum Gasteiger partial charge on any atom is 0.269 e. The molecule has 8 nitrogen and oxygen atoms in total. The SMILES string of the molecule is CC(C)(C)c1ccc(S(=O)(=O)N2CC3C(CNC(=O)c4cccc(N5CCOCC5)n4)C3C2)cc1. The number of carbonyl (C=O) groups excluding carboxylic acids is 1. The Bertz CT molecular complexity index is 1170. The third-order valence-corrected chi connectivity index (χ3v) is 9.34. The van der Waals surface area contributed by atoms with Crippen molar-refractivity contribution < 1.29 is 17.9 Å². The number of nitrogens with zero attached hydrogens (tertiary/aromatic N) is 3. The number of rotatable bonds is 6. The molecule has 9 heteroatoms. The number of hydrogen-bond donors (Lipinski definition) is 1. The first-order valence-corrected chi connectivity index (χ1v) is 13.8. The van der Waals surface area contributed by atoms with Crippen LogP contribution in [0.3, 0.4) is 0 Å². The number of nitrogens with one attached hydrogen (secondary N) is 1. The van der Waals surface area contributed by atoms with E-state index in [9.17, 15) is 13.2 Å². The smallest absolute Gasteiger partial charge is 0.269 e. The molecule has 3 fully saturated rings. The van der Waals surface area contributed by atoms with Crippen molar-refractivity contribution in [1.82, 2.24) is 14.6 Å². The number of ether oxygens (including phenoxy) is 1. The van der Waals surface area contributed by atoms with Crippen LogP contribution in [0.25, 0.3) is 0 Å². The highest BCUT2D eigenvalue weighted by molar-refractivity contribution is 7.89. The third-order valence-electron chi connectivity index (χ3n) is 7.50. The van der Waals surface area contributed by atoms with E-state index in [-0.39, 0.29) is 11.3 Å². The largest absolute Gasteiger partial charge is 0.378 e. The van der Waals surface area contributed by atoms with Crippen molar-refractivity contribution in [3.63, 3.8) is 0 Å². The molecule has 5 rings (SSSR count). The Labute approximate surface area is 207 Å². The normalized spacial score (nSPS) is 24.8. The van der Waals surface area contributed by atoms with E-state index in [0.717, 1.165) is 24.5 Å². The highest BCUT2D eigenvalue weighted by Gasteiger charge is 2.57. The van der Waals surface area contributed by atoms with Crippen molar-refractivity contribution in [2.24, 2.45) is 17.8 Å². The van der Waals surface area contributed by atoms with Crippen LogP contribution in [0.5, 0.6) is 0 Å². The second-order valence-corrected chi connectivity index (χ2v) is 12.7. The number of fused-ring (bicyclic) bond motifs is 1. The van der Waals surface area contributed by atoms with Crippen LogP contribution < -0.4 is 10.2 Å². The summed E-state index contributed by atoms with van der Waals surface area (Å²) in [5, 5.41) is 3.01. The fourth-order valence-corrected chi connectivity index (χ4v) is 6.72. The Morgan fingerprint density at radius 2 is 1.71 bits per heavy atom. The van der Waals surface area contributed by atoms with E-state index in [2.05, 4.69) is 36.0 Å². The fraction of sp³-hybridized carbons (Fsp3) is 0.538. The van der Waals surface area contributed by atoms with Crippen LogP contribution in [0.4, 0.5) is 5.82 Å². The first kappa shape index (κ1) is 24.2. The predicted molar refractivity (Wildman–Crippen MR) is 134 cm³/mol. The molecule has 2 atom stereocenters. The number of benzene rings is 1. The number of anilines is 1. The van der Waals surface area contributed by atoms with Gasteiger partial charge in [0.1, 0.15) is 11.5 Å². The van der Waals surface area contributed by atoms with Gasteiger partial charge in [-0.1, -0.05) is 39.0 Å². The van der Waals surface area contributed by atoms with Gasteiger partial charge < -0.3 is 15.0 Å². The molecule has 35 heavy (non-hydrogen) atoms. The zero-order valence-corrected chi connectivity index (χ0v) is 21.4. The molecule has 0 bridgehead atoms. The molecule has 2 saturated heterocycles. The van der Waals surface area contributed by atoms with Gasteiger partial charge in [0, 0.05) is 32.7 Å². The topological polar surface area (TPSA) is 91.8 Å². The number of pyridine rings is 1. The Balaban J connectivity index is 1.14. The van der Waals surface area contributed by atoms with Crippen LogP contribution in [0.2, 0.25) is 0 Å². The van der Waals surface area contributed by atoms with Gasteiger partial charge in [-0.2, -0.15) is 4.31 Å². The lowest BCUT2D eigenvalue weighted by molar-refractivity contribution is 0.0945. The number of hydrogen-bond acceptors (Lipinski definition) is 6. The number of amides is 1. The van der Waals surface area contributed by atoms with Gasteiger partial charge >= 0.3 is 0 Å². The molecular formula is C26H34N4O4S. The summed E-state index contributed by atoms with van der Waals surface area (Å²) in [6.45, 7) is 10.8. The maximum absolute atomic E-state index is 13.1. The monoisotopic (exact) mass is 498 g/mol. The third kappa shape index (κ3) is 4.94. The Hall–Kier alpha value is -2.49. The van der Waals surface area contributed by atoms with Crippen LogP contribution in [-0.2, 0) is 20.2 Å². The van der Waals surface area contributed by atoms with Gasteiger partial charge in [0.05, 0.1) is 18.1 Å². The zero-order chi connectivity index (χ0) is 24.8. The van der Waals surface area contributed by atoms with Gasteiger partial charge in [-0.25, -0.2) is 13.4 Å². The average Bonchev–Trinajstić information content (AvgIpc) is 3.29. The van der Waals surface area contributed by atoms with E-state index < -0.39 is 10.0 Å². The van der Waals surface area contributed by atoms with Crippen LogP contribution in [0.1, 0.15) is 36.8 Å². The summed E-state index contributed by atoms with van der Waals surface area (Å²) >= 11 is 0. The van der Waals surface area contributed by atoms with E-state index in [1.165, 1.54) is 0 Å². The van der Waals surface area contributed by atoms with E-state index in [4.69, 9.17) is 4.74 Å². The van der Waals surface area contributed by atoms with E-state index in [0.29, 0.717) is 61.2 Å². The van der Waals surface area contributed by atoms with Crippen LogP contribution in [0, 0.1) is 17.8 Å². The summed E-state index contributed by atoms with van der Waals surface area (Å²) in [6.07, 6.45) is 0. The molecule has 2 aromatic rings. The van der Waals surface area contributed by atoms with Crippen molar-refractivity contribution in [2.45, 2.75) is 31.1 Å². The molecule has 2 unspecified atom stereocenters. The molecule has 3 aliphatic rings. The molecule has 0 spiro atoms. The number of carbonyl (C=O) groups is 1. The Morgan fingerprint density at radius 1 is 1.06 bits per heavy atom. The van der Waals surface area contributed by atoms with Gasteiger partial charge in [0.25, 0.3) is 5.91 Å². The molecule has 3 heterocycles. The summed E-state index contributed by atoms with van der Waals surface area (Å²) in [6, 6.07) is 12.8. The summed E-state index contributed by atoms with van der Waals surface area (Å²) in [5.74, 6) is 1.52. The second-order valence-electron chi connectivity index (χ2n) is 10.8. The predicted octanol–water partition coefficient (Wildman–Crippen LogP) is 2.51. The minimum Gasteiger partial charge on any atom is -0.378 e. The maximum atomic E-state index is 13.1. The minimum atomic E-state index is -3.49. The molecule has 1 saturated carbocycles. The van der Waals surface area contributed by atoms with Crippen LogP contribution in [0.15, 0.2) is 47.4 Å². The van der Waals surface area contributed by atoms with Crippen molar-refractivity contribution in [3.8, 4) is 0 Å². The Kier molecular flexibility index (Phi) is 6.35. The molecule has 188 valence electrons. The molecule has 1 aromatic heterocycles. The lowest BCUT2D eigenvalue weighted by Crippen LogP contribution is -2.37. The molecule has 1 N–H and O–H groups in total. The standard InChI is InChI=1S/C26H34N4O4S/c1-26(2,3)18-7-9-19(10-8-18)35(32,33)30-16-21-20(22(21)17-30)15-27-25(31)23-5-4-6-24(28-23)29-11-13-34-14-12-29/h4-10,20-22H,11-17H2,1-3H3,(H,27,31). The minimum absolute atomic E-state index is 0.0193. The van der Waals surface area contributed by atoms with Crippen LogP contribution >= 0.6 is 0 Å². The highest BCUT2D eigenvalue weighted by Crippen LogP contribution is 2.52. The van der Waals surface area contributed by atoms with Gasteiger partial charge in [-0.05, 0) is 53.0 Å². The number of morpholine rings is 1. The summed E-state index contributed by atoms with van der Waals surface area (Å²) in [4.78, 5) is 19.7. The van der Waals surface area contributed by atoms with Gasteiger partial charge in [0.15, 0.2) is 0 Å². The highest BCUT2D eigenvalue weighted by atomic mass is 32.2. The summed E-state index contributed by atoms with van der Waals surface area (Å²) in [7, 11) is -3.49. The van der Waals surface area contributed by atoms with Crippen molar-refractivity contribution in [2.75, 3.05) is 50.8 Å². The number of aromatic nitrogens is 1. The van der Waals surface area contributed by atoms with E-state index in [1.54, 1.807) is 22.5 Å². The fourth-order valence-electron chi connectivity index (χ4n) is 5.21. The summed E-state index contributed by atoms with van der Waals surface area (Å²) < 4.78 is 33.2. The van der Waals surface area contributed by atoms with E-state index >= 15 is 0 Å². The molecule has 1 aliphatic carbocycles. The van der Waals surface area contributed by atoms with Gasteiger partial charge in [0.2, 0.25) is 10.0 Å². The molecule has 2 aliphatic heterocycles. The molecule has 0 radical (unpaired) electrons. The van der Waals surface area contributed by atoms with E-state index in [1.807, 2.05) is 24.3 Å². The summed E-state index contributed by atoms with van der Waals surface area (Å²) in [5.41, 5.74) is 1.50. The molecule has 1 aromatic carbocycles. The lowest BCUT2D eigenvalue weighted by Gasteiger charge is -2.27. The van der Waals surface area contributed by atoms with Crippen LogP contribution in [-0.4, -0.2) is 69.6 Å². The van der Waals surface area contributed by atoms with Crippen molar-refractivity contribution in [1.29, 1.82) is 0 Å². The van der Waals surface area contributed by atoms with Crippen molar-refractivity contribution >= 4 is 21.7 Å². The quantitative estimate of drug-likeness (QED) is 0.658. The van der Waals surface area contributed by atoms with Gasteiger partial charge in [-0.3, -0.25) is 4.79 Å². The Morgan fingerprint density at radius 3 is 2.34 bits per heavy atom. The first-order chi connectivity index (χ1) is 16.6. The first-order valence-electron chi connectivity index (χ1n) is 12.3. The zero-order valence-electron chi connectivity index (χ0n) is 20.6. The molecular weight excluding hydrogens is 464 g/mol. The van der Waals surface area contributed by atoms with Gasteiger partial charge in [-0.15, -0.1) is 0 Å².